The summed E-state index contributed by atoms with van der Waals surface area (Å²) in [6.45, 7) is 0. The van der Waals surface area contributed by atoms with Crippen molar-refractivity contribution >= 4 is 29.1 Å². The topological polar surface area (TPSA) is 46.2 Å². The number of carbonyl (C=O) groups is 2. The molecular weight excluding hydrogens is 339 g/mol. The number of Topliss-reactive ketones (excluding diaryl/α,β-unsaturated/α-hetero) is 1. The van der Waals surface area contributed by atoms with Crippen molar-refractivity contribution < 1.29 is 22.8 Å². The molecule has 3 nitrogen and oxygen atoms in total. The molecule has 2 aromatic carbocycles. The van der Waals surface area contributed by atoms with Gasteiger partial charge in [0.1, 0.15) is 0 Å². The zero-order chi connectivity index (χ0) is 17.3. The molecule has 0 bridgehead atoms. The van der Waals surface area contributed by atoms with Crippen LogP contribution in [0.15, 0.2) is 47.4 Å². The van der Waals surface area contributed by atoms with Gasteiger partial charge in [0, 0.05) is 28.3 Å². The maximum Gasteiger partial charge on any atom is 0.416 e. The van der Waals surface area contributed by atoms with Gasteiger partial charge >= 0.3 is 6.18 Å². The Labute approximate surface area is 140 Å². The molecule has 1 amide bonds. The Morgan fingerprint density at radius 3 is 2.62 bits per heavy atom. The summed E-state index contributed by atoms with van der Waals surface area (Å²) in [7, 11) is 0. The molecule has 7 heteroatoms. The highest BCUT2D eigenvalue weighted by Gasteiger charge is 2.30. The van der Waals surface area contributed by atoms with E-state index in [0.29, 0.717) is 28.2 Å². The summed E-state index contributed by atoms with van der Waals surface area (Å²) in [4.78, 5) is 24.9. The van der Waals surface area contributed by atoms with Crippen molar-refractivity contribution in [2.24, 2.45) is 0 Å². The average molecular weight is 351 g/mol. The lowest BCUT2D eigenvalue weighted by atomic mass is 10.0. The lowest BCUT2D eigenvalue weighted by molar-refractivity contribution is -0.137. The summed E-state index contributed by atoms with van der Waals surface area (Å²) < 4.78 is 38.2. The first-order valence-electron chi connectivity index (χ1n) is 7.14. The Hall–Kier alpha value is -2.28. The summed E-state index contributed by atoms with van der Waals surface area (Å²) in [6, 6.07) is 9.26. The van der Waals surface area contributed by atoms with E-state index in [9.17, 15) is 22.8 Å². The van der Waals surface area contributed by atoms with Crippen LogP contribution in [0.4, 0.5) is 18.9 Å². The first-order chi connectivity index (χ1) is 11.4. The highest BCUT2D eigenvalue weighted by atomic mass is 32.2. The van der Waals surface area contributed by atoms with Gasteiger partial charge in [-0.1, -0.05) is 18.2 Å². The van der Waals surface area contributed by atoms with Gasteiger partial charge in [0.2, 0.25) is 0 Å². The first kappa shape index (κ1) is 16.6. The molecule has 1 aliphatic heterocycles. The lowest BCUT2D eigenvalue weighted by Gasteiger charge is -2.17. The third-order valence-electron chi connectivity index (χ3n) is 3.58. The van der Waals surface area contributed by atoms with Crippen molar-refractivity contribution in [3.05, 3.63) is 59.2 Å². The molecule has 0 unspecified atom stereocenters. The van der Waals surface area contributed by atoms with E-state index in [1.165, 1.54) is 23.9 Å². The fraction of sp³-hybridized carbons (Fsp3) is 0.176. The molecule has 1 aliphatic rings. The van der Waals surface area contributed by atoms with Gasteiger partial charge in [-0.2, -0.15) is 13.2 Å². The number of ketones is 1. The van der Waals surface area contributed by atoms with Crippen LogP contribution in [0.1, 0.15) is 32.7 Å². The number of benzene rings is 2. The normalized spacial score (nSPS) is 14.2. The third kappa shape index (κ3) is 3.31. The van der Waals surface area contributed by atoms with Crippen LogP contribution in [0, 0.1) is 0 Å². The molecule has 2 aromatic rings. The SMILES string of the molecule is O=C1CCSc2c1cccc2C(=O)Nc1cccc(C(F)(F)F)c1. The van der Waals surface area contributed by atoms with Gasteiger partial charge in [0.05, 0.1) is 11.1 Å². The number of anilines is 1. The Kier molecular flexibility index (Phi) is 4.36. The minimum absolute atomic E-state index is 0.0301. The first-order valence-corrected chi connectivity index (χ1v) is 8.12. The van der Waals surface area contributed by atoms with E-state index >= 15 is 0 Å². The number of carbonyl (C=O) groups excluding carboxylic acids is 2. The van der Waals surface area contributed by atoms with Crippen LogP contribution in [0.25, 0.3) is 0 Å². The quantitative estimate of drug-likeness (QED) is 0.858. The van der Waals surface area contributed by atoms with Gasteiger partial charge in [0.25, 0.3) is 5.91 Å². The van der Waals surface area contributed by atoms with Crippen LogP contribution >= 0.6 is 11.8 Å². The van der Waals surface area contributed by atoms with E-state index < -0.39 is 17.6 Å². The minimum atomic E-state index is -4.48. The van der Waals surface area contributed by atoms with Gasteiger partial charge in [-0.05, 0) is 24.3 Å². The Balaban J connectivity index is 1.89. The van der Waals surface area contributed by atoms with Gasteiger partial charge in [-0.3, -0.25) is 9.59 Å². The van der Waals surface area contributed by atoms with E-state index in [2.05, 4.69) is 5.32 Å². The van der Waals surface area contributed by atoms with Crippen LogP contribution in [0.3, 0.4) is 0 Å². The Bertz CT molecular complexity index is 818. The summed E-state index contributed by atoms with van der Waals surface area (Å²) >= 11 is 1.40. The number of hydrogen-bond donors (Lipinski definition) is 1. The molecule has 0 spiro atoms. The van der Waals surface area contributed by atoms with Gasteiger partial charge in [-0.25, -0.2) is 0 Å². The predicted molar refractivity (Wildman–Crippen MR) is 85.5 cm³/mol. The second kappa shape index (κ2) is 6.32. The van der Waals surface area contributed by atoms with Gasteiger partial charge < -0.3 is 5.32 Å². The van der Waals surface area contributed by atoms with Gasteiger partial charge in [-0.15, -0.1) is 11.8 Å². The molecule has 0 saturated carbocycles. The molecule has 1 heterocycles. The highest BCUT2D eigenvalue weighted by molar-refractivity contribution is 7.99. The number of hydrogen-bond acceptors (Lipinski definition) is 3. The molecule has 1 N–H and O–H groups in total. The lowest BCUT2D eigenvalue weighted by Crippen LogP contribution is -2.17. The third-order valence-corrected chi connectivity index (χ3v) is 4.72. The molecule has 3 rings (SSSR count). The van der Waals surface area contributed by atoms with Crippen LogP contribution in [-0.2, 0) is 6.18 Å². The Morgan fingerprint density at radius 1 is 1.12 bits per heavy atom. The second-order valence-corrected chi connectivity index (χ2v) is 6.34. The largest absolute Gasteiger partial charge is 0.416 e. The molecule has 0 fully saturated rings. The summed E-state index contributed by atoms with van der Waals surface area (Å²) in [5.41, 5.74) is 0.00501. The molecule has 0 radical (unpaired) electrons. The highest BCUT2D eigenvalue weighted by Crippen LogP contribution is 2.34. The number of alkyl halides is 3. The second-order valence-electron chi connectivity index (χ2n) is 5.24. The predicted octanol–water partition coefficient (Wildman–Crippen LogP) is 4.64. The maximum absolute atomic E-state index is 12.7. The van der Waals surface area contributed by atoms with Crippen LogP contribution in [0.5, 0.6) is 0 Å². The zero-order valence-electron chi connectivity index (χ0n) is 12.3. The van der Waals surface area contributed by atoms with Crippen molar-refractivity contribution in [2.75, 3.05) is 11.1 Å². The van der Waals surface area contributed by atoms with Crippen LogP contribution < -0.4 is 5.32 Å². The monoisotopic (exact) mass is 351 g/mol. The fourth-order valence-corrected chi connectivity index (χ4v) is 3.59. The van der Waals surface area contributed by atoms with Crippen LogP contribution in [0.2, 0.25) is 0 Å². The van der Waals surface area contributed by atoms with Crippen molar-refractivity contribution in [3.63, 3.8) is 0 Å². The van der Waals surface area contributed by atoms with E-state index in [1.54, 1.807) is 18.2 Å². The molecule has 0 atom stereocenters. The smallest absolute Gasteiger partial charge is 0.322 e. The molecule has 24 heavy (non-hydrogen) atoms. The molecular formula is C17H12F3NO2S. The van der Waals surface area contributed by atoms with Crippen LogP contribution in [-0.4, -0.2) is 17.4 Å². The summed E-state index contributed by atoms with van der Waals surface area (Å²) in [5.74, 6) is 0.0190. The van der Waals surface area contributed by atoms with E-state index in [-0.39, 0.29) is 11.5 Å². The summed E-state index contributed by atoms with van der Waals surface area (Å²) in [5, 5.41) is 2.47. The molecule has 0 saturated heterocycles. The number of fused-ring (bicyclic) bond motifs is 1. The standard InChI is InChI=1S/C17H12F3NO2S/c18-17(19,20)10-3-1-4-11(9-10)21-16(23)13-6-2-5-12-14(22)7-8-24-15(12)13/h1-6,9H,7-8H2,(H,21,23). The fourth-order valence-electron chi connectivity index (χ4n) is 2.44. The maximum atomic E-state index is 12.7. The number of rotatable bonds is 2. The average Bonchev–Trinajstić information content (AvgIpc) is 2.54. The van der Waals surface area contributed by atoms with Crippen molar-refractivity contribution in [3.8, 4) is 0 Å². The minimum Gasteiger partial charge on any atom is -0.322 e. The number of thioether (sulfide) groups is 1. The van der Waals surface area contributed by atoms with Crippen molar-refractivity contribution in [1.82, 2.24) is 0 Å². The van der Waals surface area contributed by atoms with Crippen molar-refractivity contribution in [1.29, 1.82) is 0 Å². The zero-order valence-corrected chi connectivity index (χ0v) is 13.1. The molecule has 0 aromatic heterocycles. The summed E-state index contributed by atoms with van der Waals surface area (Å²) in [6.07, 6.45) is -4.06. The molecule has 124 valence electrons. The number of halogens is 3. The van der Waals surface area contributed by atoms with E-state index in [4.69, 9.17) is 0 Å². The van der Waals surface area contributed by atoms with Crippen molar-refractivity contribution in [2.45, 2.75) is 17.5 Å². The van der Waals surface area contributed by atoms with E-state index in [0.717, 1.165) is 12.1 Å². The number of amides is 1. The Morgan fingerprint density at radius 2 is 1.88 bits per heavy atom. The van der Waals surface area contributed by atoms with Gasteiger partial charge in [0.15, 0.2) is 5.78 Å². The number of nitrogens with one attached hydrogen (secondary N) is 1. The van der Waals surface area contributed by atoms with E-state index in [1.807, 2.05) is 0 Å². The molecule has 0 aliphatic carbocycles.